The Kier molecular flexibility index (Phi) is 9.61. The molecule has 4 aromatic rings. The minimum absolute atomic E-state index is 0.0831. The van der Waals surface area contributed by atoms with Crippen LogP contribution in [0, 0.1) is 5.92 Å². The van der Waals surface area contributed by atoms with Gasteiger partial charge in [0, 0.05) is 34.2 Å². The topological polar surface area (TPSA) is 128 Å². The molecule has 1 aliphatic heterocycles. The zero-order valence-corrected chi connectivity index (χ0v) is 28.6. The van der Waals surface area contributed by atoms with Gasteiger partial charge in [0.1, 0.15) is 11.7 Å². The number of ether oxygens (including phenoxy) is 8. The number of hydrogen-bond acceptors (Lipinski definition) is 11. The second kappa shape index (κ2) is 14.0. The standard InChI is InChI=1S/C39H38O11/c1-22-32(50-38(41)24-15-11-8-12-16-24)25-19-28-34(48-21-47-28)36(46-6)30(25)31-26(20-27(43-3)33(44-4)35(31)45-5)37(39(22,2)42)49-29(40)18-17-23-13-9-7-10-14-23/h7-20,22,32,37,42H,21H2,1-6H3. The minimum Gasteiger partial charge on any atom is -0.493 e. The van der Waals surface area contributed by atoms with Crippen LogP contribution >= 0.6 is 0 Å². The van der Waals surface area contributed by atoms with Crippen LogP contribution in [-0.2, 0) is 14.3 Å². The van der Waals surface area contributed by atoms with Crippen molar-refractivity contribution in [3.63, 3.8) is 0 Å². The van der Waals surface area contributed by atoms with Gasteiger partial charge in [-0.2, -0.15) is 0 Å². The van der Waals surface area contributed by atoms with Crippen LogP contribution in [0.4, 0.5) is 0 Å². The first-order chi connectivity index (χ1) is 24.1. The van der Waals surface area contributed by atoms with E-state index >= 15 is 0 Å². The van der Waals surface area contributed by atoms with E-state index in [1.807, 2.05) is 30.3 Å². The Labute approximate surface area is 289 Å². The molecular formula is C39H38O11. The van der Waals surface area contributed by atoms with Gasteiger partial charge in [-0.05, 0) is 42.8 Å². The van der Waals surface area contributed by atoms with Crippen LogP contribution in [0.15, 0.2) is 78.9 Å². The van der Waals surface area contributed by atoms with Crippen molar-refractivity contribution in [1.29, 1.82) is 0 Å². The highest BCUT2D eigenvalue weighted by Crippen LogP contribution is 2.61. The molecule has 0 radical (unpaired) electrons. The van der Waals surface area contributed by atoms with Gasteiger partial charge in [0.2, 0.25) is 18.3 Å². The molecule has 2 aliphatic rings. The zero-order chi connectivity index (χ0) is 35.6. The molecule has 1 N–H and O–H groups in total. The third kappa shape index (κ3) is 6.05. The molecule has 260 valence electrons. The van der Waals surface area contributed by atoms with Crippen molar-refractivity contribution < 1.29 is 52.6 Å². The summed E-state index contributed by atoms with van der Waals surface area (Å²) < 4.78 is 47.7. The Morgan fingerprint density at radius 1 is 0.800 bits per heavy atom. The lowest BCUT2D eigenvalue weighted by Gasteiger charge is -2.43. The fourth-order valence-corrected chi connectivity index (χ4v) is 6.47. The Morgan fingerprint density at radius 2 is 1.44 bits per heavy atom. The van der Waals surface area contributed by atoms with E-state index < -0.39 is 35.7 Å². The second-order valence-electron chi connectivity index (χ2n) is 12.0. The first-order valence-electron chi connectivity index (χ1n) is 15.9. The number of benzene rings is 4. The van der Waals surface area contributed by atoms with Crippen LogP contribution in [0.5, 0.6) is 34.5 Å². The molecule has 50 heavy (non-hydrogen) atoms. The summed E-state index contributed by atoms with van der Waals surface area (Å²) in [6.07, 6.45) is 0.369. The number of hydrogen-bond donors (Lipinski definition) is 1. The average Bonchev–Trinajstić information content (AvgIpc) is 3.62. The van der Waals surface area contributed by atoms with Crippen molar-refractivity contribution in [3.05, 3.63) is 101 Å². The molecule has 0 saturated carbocycles. The molecule has 0 amide bonds. The molecule has 1 heterocycles. The fourth-order valence-electron chi connectivity index (χ4n) is 6.47. The molecule has 4 aromatic carbocycles. The molecule has 0 fully saturated rings. The number of carbonyl (C=O) groups excluding carboxylic acids is 2. The molecule has 4 unspecified atom stereocenters. The smallest absolute Gasteiger partial charge is 0.338 e. The van der Waals surface area contributed by atoms with Crippen LogP contribution in [0.2, 0.25) is 0 Å². The van der Waals surface area contributed by atoms with Crippen LogP contribution in [0.3, 0.4) is 0 Å². The summed E-state index contributed by atoms with van der Waals surface area (Å²) >= 11 is 0. The van der Waals surface area contributed by atoms with E-state index in [1.54, 1.807) is 55.5 Å². The quantitative estimate of drug-likeness (QED) is 0.149. The maximum Gasteiger partial charge on any atom is 0.338 e. The first kappa shape index (κ1) is 34.2. The lowest BCUT2D eigenvalue weighted by Crippen LogP contribution is -2.46. The number of carbonyl (C=O) groups is 2. The molecule has 6 rings (SSSR count). The fraction of sp³-hybridized carbons (Fsp3) is 0.282. The summed E-state index contributed by atoms with van der Waals surface area (Å²) in [4.78, 5) is 27.4. The van der Waals surface area contributed by atoms with E-state index in [-0.39, 0.29) is 29.8 Å². The molecule has 1 aliphatic carbocycles. The highest BCUT2D eigenvalue weighted by atomic mass is 16.7. The lowest BCUT2D eigenvalue weighted by atomic mass is 9.71. The molecular weight excluding hydrogens is 644 g/mol. The number of aliphatic hydroxyl groups is 1. The number of fused-ring (bicyclic) bond motifs is 4. The summed E-state index contributed by atoms with van der Waals surface area (Å²) in [5, 5.41) is 12.6. The Morgan fingerprint density at radius 3 is 2.08 bits per heavy atom. The summed E-state index contributed by atoms with van der Waals surface area (Å²) in [6, 6.07) is 21.1. The normalized spacial score (nSPS) is 20.5. The monoisotopic (exact) mass is 682 g/mol. The van der Waals surface area contributed by atoms with E-state index in [0.717, 1.165) is 5.56 Å². The van der Waals surface area contributed by atoms with Crippen LogP contribution in [0.1, 0.15) is 53.1 Å². The van der Waals surface area contributed by atoms with Gasteiger partial charge in [0.15, 0.2) is 29.1 Å². The van der Waals surface area contributed by atoms with Gasteiger partial charge in [0.25, 0.3) is 0 Å². The molecule has 0 spiro atoms. The third-order valence-electron chi connectivity index (χ3n) is 9.15. The van der Waals surface area contributed by atoms with Gasteiger partial charge in [0.05, 0.1) is 34.0 Å². The highest BCUT2D eigenvalue weighted by Gasteiger charge is 2.51. The lowest BCUT2D eigenvalue weighted by molar-refractivity contribution is -0.173. The van der Waals surface area contributed by atoms with E-state index in [0.29, 0.717) is 39.3 Å². The number of methoxy groups -OCH3 is 4. The molecule has 11 nitrogen and oxygen atoms in total. The van der Waals surface area contributed by atoms with E-state index in [9.17, 15) is 14.7 Å². The SMILES string of the molecule is COc1cc2c(c(OC)c1OC)-c1c(cc3c(c1OC)OCO3)C(OC(=O)c1ccccc1)C(C)C(C)(O)C2OC(=O)C=Cc1ccccc1. The Balaban J connectivity index is 1.65. The van der Waals surface area contributed by atoms with Gasteiger partial charge in [-0.25, -0.2) is 9.59 Å². The molecule has 0 bridgehead atoms. The van der Waals surface area contributed by atoms with Crippen molar-refractivity contribution in [2.75, 3.05) is 35.2 Å². The van der Waals surface area contributed by atoms with Crippen LogP contribution < -0.4 is 28.4 Å². The number of esters is 2. The third-order valence-corrected chi connectivity index (χ3v) is 9.15. The molecule has 0 saturated heterocycles. The van der Waals surface area contributed by atoms with Gasteiger partial charge in [-0.3, -0.25) is 0 Å². The van der Waals surface area contributed by atoms with Crippen molar-refractivity contribution in [3.8, 4) is 45.6 Å². The van der Waals surface area contributed by atoms with Crippen molar-refractivity contribution in [1.82, 2.24) is 0 Å². The van der Waals surface area contributed by atoms with E-state index in [1.165, 1.54) is 41.4 Å². The molecule has 4 atom stereocenters. The van der Waals surface area contributed by atoms with Crippen molar-refractivity contribution in [2.45, 2.75) is 31.7 Å². The van der Waals surface area contributed by atoms with Gasteiger partial charge >= 0.3 is 11.9 Å². The van der Waals surface area contributed by atoms with E-state index in [4.69, 9.17) is 37.9 Å². The Hall–Kier alpha value is -5.68. The van der Waals surface area contributed by atoms with Gasteiger partial charge < -0.3 is 43.0 Å². The number of rotatable bonds is 9. The summed E-state index contributed by atoms with van der Waals surface area (Å²) in [5.41, 5.74) is 0.630. The second-order valence-corrected chi connectivity index (χ2v) is 12.0. The highest BCUT2D eigenvalue weighted by molar-refractivity contribution is 5.92. The molecule has 11 heteroatoms. The van der Waals surface area contributed by atoms with Crippen LogP contribution in [0.25, 0.3) is 17.2 Å². The first-order valence-corrected chi connectivity index (χ1v) is 15.9. The summed E-state index contributed by atoms with van der Waals surface area (Å²) in [6.45, 7) is 3.16. The minimum atomic E-state index is -1.89. The summed E-state index contributed by atoms with van der Waals surface area (Å²) in [7, 11) is 5.84. The van der Waals surface area contributed by atoms with E-state index in [2.05, 4.69) is 0 Å². The zero-order valence-electron chi connectivity index (χ0n) is 28.6. The predicted octanol–water partition coefficient (Wildman–Crippen LogP) is 6.71. The maximum atomic E-state index is 13.8. The van der Waals surface area contributed by atoms with Crippen LogP contribution in [-0.4, -0.2) is 57.9 Å². The van der Waals surface area contributed by atoms with Gasteiger partial charge in [-0.1, -0.05) is 55.5 Å². The average molecular weight is 683 g/mol. The molecule has 0 aromatic heterocycles. The van der Waals surface area contributed by atoms with Crippen molar-refractivity contribution in [2.24, 2.45) is 5.92 Å². The predicted molar refractivity (Wildman–Crippen MR) is 183 cm³/mol. The van der Waals surface area contributed by atoms with Gasteiger partial charge in [-0.15, -0.1) is 0 Å². The Bertz CT molecular complexity index is 1920. The maximum absolute atomic E-state index is 13.8. The largest absolute Gasteiger partial charge is 0.493 e. The van der Waals surface area contributed by atoms with Crippen molar-refractivity contribution >= 4 is 18.0 Å². The summed E-state index contributed by atoms with van der Waals surface area (Å²) in [5.74, 6) is -0.735.